The lowest BCUT2D eigenvalue weighted by Crippen LogP contribution is -2.48. The monoisotopic (exact) mass is 267 g/mol. The van der Waals surface area contributed by atoms with Gasteiger partial charge in [0.25, 0.3) is 0 Å². The maximum absolute atomic E-state index is 6.11. The molecule has 1 aromatic heterocycles. The first kappa shape index (κ1) is 14.3. The number of anilines is 1. The molecular weight excluding hydrogens is 242 g/mol. The summed E-state index contributed by atoms with van der Waals surface area (Å²) in [4.78, 5) is 6.72. The highest BCUT2D eigenvalue weighted by Gasteiger charge is 2.25. The molecule has 0 spiro atoms. The number of aryl methyl sites for hydroxylation is 1. The highest BCUT2D eigenvalue weighted by atomic mass is 16.5. The normalized spacial score (nSPS) is 25.6. The van der Waals surface area contributed by atoms with Crippen molar-refractivity contribution in [2.45, 2.75) is 45.3 Å². The number of ether oxygens (including phenoxy) is 1. The third-order valence-electron chi connectivity index (χ3n) is 4.01. The molecule has 2 heterocycles. The number of nitrogens with zero attached hydrogens (tertiary/aromatic N) is 3. The number of rotatable bonds is 5. The fourth-order valence-electron chi connectivity index (χ4n) is 2.28. The third kappa shape index (κ3) is 3.67. The van der Waals surface area contributed by atoms with Crippen LogP contribution in [0, 0.1) is 5.92 Å². The highest BCUT2D eigenvalue weighted by molar-refractivity contribution is 5.30. The van der Waals surface area contributed by atoms with Gasteiger partial charge in [-0.05, 0) is 25.7 Å². The molecule has 1 aliphatic heterocycles. The number of piperidine rings is 1. The van der Waals surface area contributed by atoms with Crippen molar-refractivity contribution in [3.8, 4) is 0 Å². The Morgan fingerprint density at radius 2 is 2.37 bits per heavy atom. The summed E-state index contributed by atoms with van der Waals surface area (Å²) in [6.45, 7) is 6.09. The van der Waals surface area contributed by atoms with Crippen LogP contribution < -0.4 is 10.6 Å². The molecule has 1 fully saturated rings. The molecule has 1 aliphatic rings. The minimum absolute atomic E-state index is 0.212. The summed E-state index contributed by atoms with van der Waals surface area (Å²) in [6, 6.07) is 0.212. The van der Waals surface area contributed by atoms with E-state index in [-0.39, 0.29) is 12.1 Å². The zero-order valence-electron chi connectivity index (χ0n) is 12.1. The van der Waals surface area contributed by atoms with Crippen molar-refractivity contribution in [2.75, 3.05) is 25.1 Å². The van der Waals surface area contributed by atoms with E-state index in [0.717, 1.165) is 44.1 Å². The van der Waals surface area contributed by atoms with Crippen LogP contribution in [0.2, 0.25) is 0 Å². The summed E-state index contributed by atoms with van der Waals surface area (Å²) in [6.07, 6.45) is 3.16. The number of methoxy groups -OCH3 is 1. The first-order valence-electron chi connectivity index (χ1n) is 7.04. The summed E-state index contributed by atoms with van der Waals surface area (Å²) in [5.41, 5.74) is 6.11. The van der Waals surface area contributed by atoms with Crippen molar-refractivity contribution >= 4 is 5.95 Å². The molecule has 2 rings (SSSR count). The Bertz CT molecular complexity index is 394. The topological polar surface area (TPSA) is 80.1 Å². The number of nitrogens with one attached hydrogen (secondary N) is 1. The number of hydrogen-bond donors (Lipinski definition) is 2. The number of aromatic nitrogens is 3. The highest BCUT2D eigenvalue weighted by Crippen LogP contribution is 2.19. The molecule has 6 heteroatoms. The molecule has 3 unspecified atom stereocenters. The van der Waals surface area contributed by atoms with Crippen LogP contribution in [0.3, 0.4) is 0 Å². The van der Waals surface area contributed by atoms with Gasteiger partial charge in [-0.3, -0.25) is 5.10 Å². The molecule has 3 atom stereocenters. The van der Waals surface area contributed by atoms with Gasteiger partial charge in [0.15, 0.2) is 0 Å². The van der Waals surface area contributed by atoms with Gasteiger partial charge in [-0.15, -0.1) is 5.10 Å². The van der Waals surface area contributed by atoms with E-state index in [9.17, 15) is 0 Å². The summed E-state index contributed by atoms with van der Waals surface area (Å²) in [5, 5.41) is 7.31. The van der Waals surface area contributed by atoms with Gasteiger partial charge in [-0.2, -0.15) is 4.98 Å². The van der Waals surface area contributed by atoms with Crippen molar-refractivity contribution in [2.24, 2.45) is 11.7 Å². The van der Waals surface area contributed by atoms with E-state index in [1.807, 2.05) is 0 Å². The van der Waals surface area contributed by atoms with Gasteiger partial charge in [0.2, 0.25) is 5.95 Å². The Balaban J connectivity index is 1.90. The molecule has 108 valence electrons. The van der Waals surface area contributed by atoms with Gasteiger partial charge in [-0.25, -0.2) is 0 Å². The predicted octanol–water partition coefficient (Wildman–Crippen LogP) is 0.946. The number of H-pyrrole nitrogens is 1. The Hall–Kier alpha value is -1.14. The number of aromatic amines is 1. The van der Waals surface area contributed by atoms with E-state index >= 15 is 0 Å². The van der Waals surface area contributed by atoms with Gasteiger partial charge >= 0.3 is 0 Å². The molecule has 0 radical (unpaired) electrons. The Labute approximate surface area is 114 Å². The lowest BCUT2D eigenvalue weighted by atomic mass is 9.95. The van der Waals surface area contributed by atoms with Crippen LogP contribution in [-0.2, 0) is 11.2 Å². The van der Waals surface area contributed by atoms with Crippen LogP contribution in [-0.4, -0.2) is 47.5 Å². The van der Waals surface area contributed by atoms with Gasteiger partial charge in [0, 0.05) is 32.7 Å². The van der Waals surface area contributed by atoms with Crippen LogP contribution in [0.4, 0.5) is 5.95 Å². The van der Waals surface area contributed by atoms with E-state index < -0.39 is 0 Å². The van der Waals surface area contributed by atoms with E-state index in [1.54, 1.807) is 7.11 Å². The predicted molar refractivity (Wildman–Crippen MR) is 75.1 cm³/mol. The van der Waals surface area contributed by atoms with E-state index in [0.29, 0.717) is 5.92 Å². The van der Waals surface area contributed by atoms with Crippen molar-refractivity contribution in [3.05, 3.63) is 5.82 Å². The van der Waals surface area contributed by atoms with Crippen molar-refractivity contribution < 1.29 is 4.74 Å². The van der Waals surface area contributed by atoms with Crippen LogP contribution >= 0.6 is 0 Å². The smallest absolute Gasteiger partial charge is 0.244 e. The molecule has 1 aromatic rings. The molecule has 1 saturated heterocycles. The Morgan fingerprint density at radius 1 is 1.58 bits per heavy atom. The summed E-state index contributed by atoms with van der Waals surface area (Å²) >= 11 is 0. The van der Waals surface area contributed by atoms with E-state index in [2.05, 4.69) is 33.9 Å². The largest absolute Gasteiger partial charge is 0.382 e. The maximum Gasteiger partial charge on any atom is 0.244 e. The zero-order chi connectivity index (χ0) is 13.8. The van der Waals surface area contributed by atoms with Crippen LogP contribution in [0.5, 0.6) is 0 Å². The summed E-state index contributed by atoms with van der Waals surface area (Å²) < 4.78 is 5.23. The fourth-order valence-corrected chi connectivity index (χ4v) is 2.28. The third-order valence-corrected chi connectivity index (χ3v) is 4.01. The molecule has 3 N–H and O–H groups in total. The number of nitrogens with two attached hydrogens (primary N) is 1. The molecule has 0 amide bonds. The van der Waals surface area contributed by atoms with Gasteiger partial charge in [0.1, 0.15) is 5.82 Å². The van der Waals surface area contributed by atoms with E-state index in [4.69, 9.17) is 10.5 Å². The van der Waals surface area contributed by atoms with E-state index in [1.165, 1.54) is 0 Å². The number of hydrogen-bond acceptors (Lipinski definition) is 5. The van der Waals surface area contributed by atoms with Gasteiger partial charge in [-0.1, -0.05) is 6.92 Å². The lowest BCUT2D eigenvalue weighted by Gasteiger charge is -2.34. The maximum atomic E-state index is 6.11. The molecule has 0 saturated carbocycles. The summed E-state index contributed by atoms with van der Waals surface area (Å²) in [5.74, 6) is 2.28. The fraction of sp³-hybridized carbons (Fsp3) is 0.846. The van der Waals surface area contributed by atoms with Crippen molar-refractivity contribution in [1.29, 1.82) is 0 Å². The molecule has 0 bridgehead atoms. The Morgan fingerprint density at radius 3 is 3.05 bits per heavy atom. The standard InChI is InChI=1S/C13H25N5O/c1-9-6-7-18(8-11(9)14)13-15-12(16-17-13)5-4-10(2)19-3/h9-11H,4-8,14H2,1-3H3,(H,15,16,17). The first-order chi connectivity index (χ1) is 9.10. The average Bonchev–Trinajstić information content (AvgIpc) is 2.88. The van der Waals surface area contributed by atoms with Gasteiger partial charge < -0.3 is 15.4 Å². The quantitative estimate of drug-likeness (QED) is 0.830. The lowest BCUT2D eigenvalue weighted by molar-refractivity contribution is 0.111. The molecule has 0 aliphatic carbocycles. The molecular formula is C13H25N5O. The zero-order valence-corrected chi connectivity index (χ0v) is 12.1. The summed E-state index contributed by atoms with van der Waals surface area (Å²) in [7, 11) is 1.73. The van der Waals surface area contributed by atoms with Crippen molar-refractivity contribution in [1.82, 2.24) is 15.2 Å². The van der Waals surface area contributed by atoms with Gasteiger partial charge in [0.05, 0.1) is 6.10 Å². The second-order valence-corrected chi connectivity index (χ2v) is 5.54. The average molecular weight is 267 g/mol. The molecule has 0 aromatic carbocycles. The van der Waals surface area contributed by atoms with Crippen LogP contribution in [0.25, 0.3) is 0 Å². The minimum atomic E-state index is 0.212. The molecule has 6 nitrogen and oxygen atoms in total. The first-order valence-corrected chi connectivity index (χ1v) is 7.04. The Kier molecular flexibility index (Phi) is 4.76. The minimum Gasteiger partial charge on any atom is -0.382 e. The second-order valence-electron chi connectivity index (χ2n) is 5.54. The SMILES string of the molecule is COC(C)CCc1nc(N2CCC(C)C(N)C2)n[nH]1. The molecule has 19 heavy (non-hydrogen) atoms. The second kappa shape index (κ2) is 6.34. The van der Waals surface area contributed by atoms with Crippen molar-refractivity contribution in [3.63, 3.8) is 0 Å². The van der Waals surface area contributed by atoms with Crippen LogP contribution in [0.15, 0.2) is 0 Å². The van der Waals surface area contributed by atoms with Crippen LogP contribution in [0.1, 0.15) is 32.5 Å².